The van der Waals surface area contributed by atoms with Crippen molar-refractivity contribution in [2.24, 2.45) is 11.8 Å². The minimum Gasteiger partial charge on any atom is -0.381 e. The van der Waals surface area contributed by atoms with Crippen LogP contribution in [-0.2, 0) is 4.74 Å². The molecule has 0 bridgehead atoms. The number of halogens is 2. The molecule has 1 aromatic carbocycles. The molecule has 1 aliphatic carbocycles. The number of ether oxygens (including phenoxy) is 1. The summed E-state index contributed by atoms with van der Waals surface area (Å²) in [5, 5.41) is 1.29. The van der Waals surface area contributed by atoms with Gasteiger partial charge < -0.3 is 9.64 Å². The quantitative estimate of drug-likeness (QED) is 0.791. The molecule has 2 nitrogen and oxygen atoms in total. The molecular formula is C17H23Cl2NO. The van der Waals surface area contributed by atoms with Crippen LogP contribution in [0.2, 0.25) is 10.0 Å². The third-order valence-electron chi connectivity index (χ3n) is 4.69. The van der Waals surface area contributed by atoms with Gasteiger partial charge in [0.05, 0.1) is 16.7 Å². The van der Waals surface area contributed by atoms with Crippen LogP contribution in [0.4, 0.5) is 0 Å². The maximum atomic E-state index is 6.19. The van der Waals surface area contributed by atoms with E-state index < -0.39 is 0 Å². The van der Waals surface area contributed by atoms with Gasteiger partial charge in [-0.15, -0.1) is 0 Å². The third-order valence-corrected chi connectivity index (χ3v) is 5.43. The standard InChI is InChI=1S/C17H23Cl2NO/c1-20-7-6-15(13-4-5-16(18)17(19)8-13)14(9-20)11-21-10-12-2-3-12/h4-5,8,12,14-15H,2-3,6-7,9-11H2,1H3/t14-,15-/m0/s1. The highest BCUT2D eigenvalue weighted by Crippen LogP contribution is 2.36. The van der Waals surface area contributed by atoms with Crippen molar-refractivity contribution in [1.82, 2.24) is 4.90 Å². The summed E-state index contributed by atoms with van der Waals surface area (Å²) in [5.74, 6) is 1.89. The maximum absolute atomic E-state index is 6.19. The van der Waals surface area contributed by atoms with Gasteiger partial charge in [0, 0.05) is 19.1 Å². The van der Waals surface area contributed by atoms with Gasteiger partial charge in [-0.2, -0.15) is 0 Å². The first-order chi connectivity index (χ1) is 10.1. The second-order valence-corrected chi connectivity index (χ2v) is 7.39. The zero-order valence-electron chi connectivity index (χ0n) is 12.5. The van der Waals surface area contributed by atoms with E-state index in [0.717, 1.165) is 38.6 Å². The van der Waals surface area contributed by atoms with E-state index in [0.29, 0.717) is 21.9 Å². The van der Waals surface area contributed by atoms with Crippen LogP contribution >= 0.6 is 23.2 Å². The molecule has 1 aromatic rings. The monoisotopic (exact) mass is 327 g/mol. The predicted octanol–water partition coefficient (Wildman–Crippen LogP) is 4.46. The Balaban J connectivity index is 1.67. The fourth-order valence-electron chi connectivity index (χ4n) is 3.24. The van der Waals surface area contributed by atoms with E-state index in [9.17, 15) is 0 Å². The van der Waals surface area contributed by atoms with E-state index in [1.54, 1.807) is 0 Å². The Hall–Kier alpha value is -0.280. The number of rotatable bonds is 5. The van der Waals surface area contributed by atoms with Gasteiger partial charge in [-0.25, -0.2) is 0 Å². The lowest BCUT2D eigenvalue weighted by atomic mass is 9.81. The van der Waals surface area contributed by atoms with Crippen molar-refractivity contribution in [3.05, 3.63) is 33.8 Å². The molecule has 2 fully saturated rings. The van der Waals surface area contributed by atoms with Crippen LogP contribution in [-0.4, -0.2) is 38.3 Å². The molecule has 21 heavy (non-hydrogen) atoms. The lowest BCUT2D eigenvalue weighted by Gasteiger charge is -2.37. The lowest BCUT2D eigenvalue weighted by Crippen LogP contribution is -2.39. The SMILES string of the molecule is CN1CC[C@@H](c2ccc(Cl)c(Cl)c2)[C@H](COCC2CC2)C1. The van der Waals surface area contributed by atoms with Crippen LogP contribution in [0.3, 0.4) is 0 Å². The average Bonchev–Trinajstić information content (AvgIpc) is 3.27. The number of nitrogens with zero attached hydrogens (tertiary/aromatic N) is 1. The summed E-state index contributed by atoms with van der Waals surface area (Å²) < 4.78 is 5.97. The molecule has 0 N–H and O–H groups in total. The maximum Gasteiger partial charge on any atom is 0.0595 e. The van der Waals surface area contributed by atoms with Gasteiger partial charge in [0.2, 0.25) is 0 Å². The molecular weight excluding hydrogens is 305 g/mol. The lowest BCUT2D eigenvalue weighted by molar-refractivity contribution is 0.0510. The molecule has 1 saturated heterocycles. The van der Waals surface area contributed by atoms with Crippen molar-refractivity contribution in [2.45, 2.75) is 25.2 Å². The van der Waals surface area contributed by atoms with Crippen LogP contribution in [0.1, 0.15) is 30.7 Å². The Morgan fingerprint density at radius 3 is 2.67 bits per heavy atom. The van der Waals surface area contributed by atoms with Gasteiger partial charge in [-0.1, -0.05) is 29.3 Å². The minimum atomic E-state index is 0.523. The van der Waals surface area contributed by atoms with E-state index in [1.165, 1.54) is 18.4 Å². The Morgan fingerprint density at radius 2 is 1.95 bits per heavy atom. The molecule has 2 aliphatic rings. The fourth-order valence-corrected chi connectivity index (χ4v) is 3.54. The van der Waals surface area contributed by atoms with Crippen molar-refractivity contribution in [3.63, 3.8) is 0 Å². The van der Waals surface area contributed by atoms with Gasteiger partial charge in [-0.3, -0.25) is 0 Å². The highest BCUT2D eigenvalue weighted by molar-refractivity contribution is 6.42. The second-order valence-electron chi connectivity index (χ2n) is 6.57. The zero-order chi connectivity index (χ0) is 14.8. The minimum absolute atomic E-state index is 0.523. The Bertz CT molecular complexity index is 490. The predicted molar refractivity (Wildman–Crippen MR) is 88.4 cm³/mol. The second kappa shape index (κ2) is 6.87. The number of benzene rings is 1. The molecule has 1 saturated carbocycles. The molecule has 3 rings (SSSR count). The molecule has 1 aliphatic heterocycles. The molecule has 116 valence electrons. The normalized spacial score (nSPS) is 27.0. The van der Waals surface area contributed by atoms with Crippen LogP contribution in [0.15, 0.2) is 18.2 Å². The van der Waals surface area contributed by atoms with Gasteiger partial charge in [0.25, 0.3) is 0 Å². The topological polar surface area (TPSA) is 12.5 Å². The van der Waals surface area contributed by atoms with Crippen LogP contribution in [0.25, 0.3) is 0 Å². The van der Waals surface area contributed by atoms with Gasteiger partial charge >= 0.3 is 0 Å². The van der Waals surface area contributed by atoms with Crippen molar-refractivity contribution in [2.75, 3.05) is 33.4 Å². The fraction of sp³-hybridized carbons (Fsp3) is 0.647. The highest BCUT2D eigenvalue weighted by Gasteiger charge is 2.30. The summed E-state index contributed by atoms with van der Waals surface area (Å²) in [6.07, 6.45) is 3.85. The largest absolute Gasteiger partial charge is 0.381 e. The van der Waals surface area contributed by atoms with Crippen molar-refractivity contribution in [3.8, 4) is 0 Å². The van der Waals surface area contributed by atoms with E-state index in [-0.39, 0.29) is 0 Å². The molecule has 0 amide bonds. The molecule has 0 unspecified atom stereocenters. The number of hydrogen-bond acceptors (Lipinski definition) is 2. The first kappa shape index (κ1) is 15.6. The first-order valence-electron chi connectivity index (χ1n) is 7.84. The molecule has 1 heterocycles. The summed E-state index contributed by atoms with van der Waals surface area (Å²) in [5.41, 5.74) is 1.30. The van der Waals surface area contributed by atoms with Crippen molar-refractivity contribution >= 4 is 23.2 Å². The number of hydrogen-bond donors (Lipinski definition) is 0. The van der Waals surface area contributed by atoms with E-state index >= 15 is 0 Å². The summed E-state index contributed by atoms with van der Waals surface area (Å²) in [7, 11) is 2.19. The molecule has 0 aromatic heterocycles. The third kappa shape index (κ3) is 4.13. The van der Waals surface area contributed by atoms with E-state index in [1.807, 2.05) is 12.1 Å². The Morgan fingerprint density at radius 1 is 1.14 bits per heavy atom. The zero-order valence-corrected chi connectivity index (χ0v) is 14.0. The van der Waals surface area contributed by atoms with E-state index in [2.05, 4.69) is 18.0 Å². The average molecular weight is 328 g/mol. The number of likely N-dealkylation sites (tertiary alicyclic amines) is 1. The van der Waals surface area contributed by atoms with Crippen LogP contribution in [0.5, 0.6) is 0 Å². The van der Waals surface area contributed by atoms with Crippen molar-refractivity contribution in [1.29, 1.82) is 0 Å². The summed E-state index contributed by atoms with van der Waals surface area (Å²) in [6, 6.07) is 6.07. The summed E-state index contributed by atoms with van der Waals surface area (Å²) >= 11 is 12.2. The van der Waals surface area contributed by atoms with Gasteiger partial charge in [-0.05, 0) is 62.4 Å². The number of piperidine rings is 1. The molecule has 0 radical (unpaired) electrons. The Kier molecular flexibility index (Phi) is 5.11. The van der Waals surface area contributed by atoms with Crippen LogP contribution in [0, 0.1) is 11.8 Å². The first-order valence-corrected chi connectivity index (χ1v) is 8.60. The smallest absolute Gasteiger partial charge is 0.0595 e. The molecule has 0 spiro atoms. The summed E-state index contributed by atoms with van der Waals surface area (Å²) in [4.78, 5) is 2.40. The van der Waals surface area contributed by atoms with Gasteiger partial charge in [0.15, 0.2) is 0 Å². The van der Waals surface area contributed by atoms with Crippen LogP contribution < -0.4 is 0 Å². The van der Waals surface area contributed by atoms with Gasteiger partial charge in [0.1, 0.15) is 0 Å². The highest BCUT2D eigenvalue weighted by atomic mass is 35.5. The Labute approximate surface area is 137 Å². The van der Waals surface area contributed by atoms with Crippen molar-refractivity contribution < 1.29 is 4.74 Å². The molecule has 4 heteroatoms. The van der Waals surface area contributed by atoms with E-state index in [4.69, 9.17) is 27.9 Å². The molecule has 2 atom stereocenters. The summed E-state index contributed by atoms with van der Waals surface area (Å²) in [6.45, 7) is 4.01.